The fraction of sp³-hybridized carbons (Fsp3) is 0.227. The molecule has 11 heteroatoms. The van der Waals surface area contributed by atoms with E-state index in [1.54, 1.807) is 18.7 Å². The van der Waals surface area contributed by atoms with Crippen LogP contribution in [0.1, 0.15) is 34.8 Å². The Morgan fingerprint density at radius 3 is 2.55 bits per heavy atom. The summed E-state index contributed by atoms with van der Waals surface area (Å²) >= 11 is 1.16. The van der Waals surface area contributed by atoms with E-state index in [2.05, 4.69) is 19.3 Å². The van der Waals surface area contributed by atoms with Gasteiger partial charge in [0.25, 0.3) is 5.91 Å². The number of pyridine rings is 1. The summed E-state index contributed by atoms with van der Waals surface area (Å²) in [5.41, 5.74) is 1.03. The van der Waals surface area contributed by atoms with Gasteiger partial charge in [-0.1, -0.05) is 0 Å². The molecule has 1 aromatic carbocycles. The van der Waals surface area contributed by atoms with Gasteiger partial charge in [0.05, 0.1) is 17.4 Å². The predicted octanol–water partition coefficient (Wildman–Crippen LogP) is 4.41. The molecule has 4 aromatic rings. The minimum atomic E-state index is -1.23. The Hall–Kier alpha value is -3.60. The zero-order valence-corrected chi connectivity index (χ0v) is 18.4. The van der Waals surface area contributed by atoms with E-state index in [0.29, 0.717) is 41.0 Å². The van der Waals surface area contributed by atoms with Crippen LogP contribution in [0.2, 0.25) is 0 Å². The van der Waals surface area contributed by atoms with Crippen molar-refractivity contribution in [2.75, 3.05) is 6.54 Å². The van der Waals surface area contributed by atoms with Gasteiger partial charge in [-0.15, -0.1) is 0 Å². The molecular formula is C22H17F3N6OS. The third kappa shape index (κ3) is 3.58. The van der Waals surface area contributed by atoms with E-state index in [0.717, 1.165) is 11.5 Å². The third-order valence-electron chi connectivity index (χ3n) is 5.61. The number of nitrogens with zero attached hydrogens (tertiary/aromatic N) is 6. The highest BCUT2D eigenvalue weighted by molar-refractivity contribution is 7.09. The number of aromatic nitrogens is 5. The molecule has 5 rings (SSSR count). The van der Waals surface area contributed by atoms with E-state index >= 15 is 0 Å². The summed E-state index contributed by atoms with van der Waals surface area (Å²) in [6.45, 7) is 4.26. The molecule has 0 unspecified atom stereocenters. The molecule has 0 bridgehead atoms. The molecule has 0 radical (unpaired) electrons. The minimum absolute atomic E-state index is 0.0540. The Kier molecular flexibility index (Phi) is 5.20. The summed E-state index contributed by atoms with van der Waals surface area (Å²) in [5, 5.41) is 0.542. The molecule has 7 nitrogen and oxygen atoms in total. The lowest BCUT2D eigenvalue weighted by atomic mass is 10.0. The average molecular weight is 470 g/mol. The fourth-order valence-corrected chi connectivity index (χ4v) is 4.72. The van der Waals surface area contributed by atoms with Crippen LogP contribution in [0.25, 0.3) is 22.1 Å². The van der Waals surface area contributed by atoms with Crippen LogP contribution in [-0.2, 0) is 6.54 Å². The number of fused-ring (bicyclic) bond motifs is 1. The van der Waals surface area contributed by atoms with E-state index in [9.17, 15) is 18.0 Å². The lowest BCUT2D eigenvalue weighted by Crippen LogP contribution is -2.41. The van der Waals surface area contributed by atoms with Crippen LogP contribution >= 0.6 is 11.5 Å². The lowest BCUT2D eigenvalue weighted by Gasteiger charge is -2.35. The maximum absolute atomic E-state index is 14.7. The summed E-state index contributed by atoms with van der Waals surface area (Å²) in [6.07, 6.45) is 1.17. The molecule has 1 aliphatic rings. The van der Waals surface area contributed by atoms with Gasteiger partial charge in [0.2, 0.25) is 5.95 Å². The molecule has 3 aromatic heterocycles. The Morgan fingerprint density at radius 1 is 1.09 bits per heavy atom. The molecule has 0 spiro atoms. The zero-order chi connectivity index (χ0) is 23.3. The molecule has 4 heterocycles. The molecule has 0 fully saturated rings. The third-order valence-corrected chi connectivity index (χ3v) is 6.41. The van der Waals surface area contributed by atoms with Crippen molar-refractivity contribution in [1.29, 1.82) is 0 Å². The van der Waals surface area contributed by atoms with Crippen molar-refractivity contribution in [1.82, 2.24) is 28.8 Å². The molecule has 1 amide bonds. The topological polar surface area (TPSA) is 76.8 Å². The smallest absolute Gasteiger partial charge is 0.254 e. The number of rotatable bonds is 3. The second kappa shape index (κ2) is 8.07. The highest BCUT2D eigenvalue weighted by atomic mass is 32.1. The van der Waals surface area contributed by atoms with Gasteiger partial charge in [-0.3, -0.25) is 4.79 Å². The summed E-state index contributed by atoms with van der Waals surface area (Å²) in [4.78, 5) is 27.2. The Balaban J connectivity index is 1.65. The number of carbonyl (C=O) groups is 1. The molecule has 0 N–H and O–H groups in total. The van der Waals surface area contributed by atoms with Crippen molar-refractivity contribution in [2.45, 2.75) is 26.4 Å². The van der Waals surface area contributed by atoms with Gasteiger partial charge < -0.3 is 9.47 Å². The standard InChI is InChI=1S/C22H17F3N6OS/c1-11-18-17(15-7-8-26-19(25)16(15)24)28-20(21-27-12(2)29-33-21)31(18)10-9-30(11)22(32)13-3-5-14(23)6-4-13/h3-8,11H,9-10H2,1-2H3/t11-/m1/s1. The first kappa shape index (κ1) is 21.3. The number of halogens is 3. The maximum atomic E-state index is 14.7. The fourth-order valence-electron chi connectivity index (χ4n) is 4.05. The maximum Gasteiger partial charge on any atom is 0.254 e. The Morgan fingerprint density at radius 2 is 1.85 bits per heavy atom. The van der Waals surface area contributed by atoms with E-state index < -0.39 is 23.6 Å². The average Bonchev–Trinajstić information content (AvgIpc) is 3.40. The van der Waals surface area contributed by atoms with E-state index in [1.807, 2.05) is 4.57 Å². The van der Waals surface area contributed by atoms with Crippen LogP contribution in [0.3, 0.4) is 0 Å². The Bertz CT molecular complexity index is 1370. The quantitative estimate of drug-likeness (QED) is 0.415. The van der Waals surface area contributed by atoms with Crippen molar-refractivity contribution < 1.29 is 18.0 Å². The first-order chi connectivity index (χ1) is 15.8. The van der Waals surface area contributed by atoms with Crippen LogP contribution in [0.4, 0.5) is 13.2 Å². The number of hydrogen-bond acceptors (Lipinski definition) is 6. The molecule has 168 valence electrons. The second-order valence-corrected chi connectivity index (χ2v) is 8.36. The van der Waals surface area contributed by atoms with Gasteiger partial charge in [0.15, 0.2) is 16.6 Å². The van der Waals surface area contributed by atoms with Gasteiger partial charge in [0, 0.05) is 30.4 Å². The zero-order valence-electron chi connectivity index (χ0n) is 17.6. The minimum Gasteiger partial charge on any atom is -0.329 e. The van der Waals surface area contributed by atoms with Gasteiger partial charge >= 0.3 is 0 Å². The summed E-state index contributed by atoms with van der Waals surface area (Å²) < 4.78 is 48.1. The number of aryl methyl sites for hydroxylation is 1. The van der Waals surface area contributed by atoms with Crippen LogP contribution < -0.4 is 0 Å². The first-order valence-electron chi connectivity index (χ1n) is 10.1. The van der Waals surface area contributed by atoms with Crippen LogP contribution in [0.5, 0.6) is 0 Å². The van der Waals surface area contributed by atoms with Crippen LogP contribution in [0.15, 0.2) is 36.5 Å². The van der Waals surface area contributed by atoms with Crippen molar-refractivity contribution in [2.24, 2.45) is 0 Å². The van der Waals surface area contributed by atoms with E-state index in [-0.39, 0.29) is 17.2 Å². The normalized spacial score (nSPS) is 15.5. The first-order valence-corrected chi connectivity index (χ1v) is 10.9. The summed E-state index contributed by atoms with van der Waals surface area (Å²) in [5.74, 6) is -2.03. The van der Waals surface area contributed by atoms with Crippen LogP contribution in [0, 0.1) is 24.5 Å². The molecule has 33 heavy (non-hydrogen) atoms. The number of benzene rings is 1. The number of hydrogen-bond donors (Lipinski definition) is 0. The highest BCUT2D eigenvalue weighted by Gasteiger charge is 2.35. The largest absolute Gasteiger partial charge is 0.329 e. The van der Waals surface area contributed by atoms with Crippen molar-refractivity contribution in [3.8, 4) is 22.1 Å². The van der Waals surface area contributed by atoms with E-state index in [1.165, 1.54) is 36.5 Å². The van der Waals surface area contributed by atoms with Crippen molar-refractivity contribution in [3.63, 3.8) is 0 Å². The predicted molar refractivity (Wildman–Crippen MR) is 115 cm³/mol. The van der Waals surface area contributed by atoms with Crippen LogP contribution in [-0.4, -0.2) is 41.2 Å². The van der Waals surface area contributed by atoms with Crippen molar-refractivity contribution in [3.05, 3.63) is 71.2 Å². The van der Waals surface area contributed by atoms with Gasteiger partial charge in [-0.25, -0.2) is 23.7 Å². The molecule has 0 aliphatic carbocycles. The Labute approximate surface area is 190 Å². The molecular weight excluding hydrogens is 453 g/mol. The number of carbonyl (C=O) groups excluding carboxylic acids is 1. The number of imidazole rings is 1. The monoisotopic (exact) mass is 470 g/mol. The SMILES string of the molecule is Cc1nsc(-c2nc(-c3ccnc(F)c3F)c3n2CCN(C(=O)c2ccc(F)cc2)[C@@H]3C)n1. The van der Waals surface area contributed by atoms with Gasteiger partial charge in [-0.05, 0) is 55.7 Å². The molecule has 0 saturated carbocycles. The van der Waals surface area contributed by atoms with Gasteiger partial charge in [-0.2, -0.15) is 8.76 Å². The second-order valence-electron chi connectivity index (χ2n) is 7.61. The molecule has 0 saturated heterocycles. The van der Waals surface area contributed by atoms with E-state index in [4.69, 9.17) is 0 Å². The molecule has 1 atom stereocenters. The highest BCUT2D eigenvalue weighted by Crippen LogP contribution is 2.39. The molecule has 1 aliphatic heterocycles. The number of amides is 1. The van der Waals surface area contributed by atoms with Gasteiger partial charge in [0.1, 0.15) is 11.6 Å². The van der Waals surface area contributed by atoms with Crippen molar-refractivity contribution >= 4 is 17.4 Å². The summed E-state index contributed by atoms with van der Waals surface area (Å²) in [6, 6.07) is 6.11. The summed E-state index contributed by atoms with van der Waals surface area (Å²) in [7, 11) is 0. The lowest BCUT2D eigenvalue weighted by molar-refractivity contribution is 0.0645.